The molecule has 1 aliphatic rings. The first-order chi connectivity index (χ1) is 17.9. The third-order valence-corrected chi connectivity index (χ3v) is 7.52. The molecule has 182 valence electrons. The van der Waals surface area contributed by atoms with Crippen LogP contribution in [0.5, 0.6) is 0 Å². The van der Waals surface area contributed by atoms with E-state index in [4.69, 9.17) is 0 Å². The molecule has 7 heteroatoms. The average molecular weight is 616 g/mol. The van der Waals surface area contributed by atoms with E-state index in [2.05, 4.69) is 37.9 Å². The summed E-state index contributed by atoms with van der Waals surface area (Å²) in [5, 5.41) is 0. The SMILES string of the molecule is O=C1C(=Cc2ccc(Cc3ccccc3Br)c(Br)c2)C(=O)N(c2ccccc2)C(=O)N1c1ccccc1. The number of para-hydroxylation sites is 2. The zero-order valence-corrected chi connectivity index (χ0v) is 22.6. The number of carbonyl (C=O) groups excluding carboxylic acids is 3. The fourth-order valence-electron chi connectivity index (χ4n) is 4.15. The molecular weight excluding hydrogens is 596 g/mol. The van der Waals surface area contributed by atoms with Gasteiger partial charge in [-0.25, -0.2) is 14.6 Å². The first kappa shape index (κ1) is 24.9. The van der Waals surface area contributed by atoms with Crippen molar-refractivity contribution in [1.29, 1.82) is 0 Å². The molecule has 0 spiro atoms. The van der Waals surface area contributed by atoms with E-state index in [9.17, 15) is 14.4 Å². The lowest BCUT2D eigenvalue weighted by Crippen LogP contribution is -2.57. The number of halogens is 2. The molecule has 0 aliphatic carbocycles. The Bertz CT molecular complexity index is 1470. The average Bonchev–Trinajstić information content (AvgIpc) is 2.90. The quantitative estimate of drug-likeness (QED) is 0.174. The van der Waals surface area contributed by atoms with Crippen molar-refractivity contribution in [2.24, 2.45) is 0 Å². The molecule has 1 saturated heterocycles. The molecule has 4 amide bonds. The Hall–Kier alpha value is -3.81. The highest BCUT2D eigenvalue weighted by molar-refractivity contribution is 9.10. The van der Waals surface area contributed by atoms with Gasteiger partial charge >= 0.3 is 6.03 Å². The lowest BCUT2D eigenvalue weighted by Gasteiger charge is -2.33. The van der Waals surface area contributed by atoms with Crippen LogP contribution in [0.2, 0.25) is 0 Å². The second-order valence-corrected chi connectivity index (χ2v) is 10.1. The minimum Gasteiger partial charge on any atom is -0.268 e. The zero-order valence-electron chi connectivity index (χ0n) is 19.5. The van der Waals surface area contributed by atoms with Crippen LogP contribution in [0, 0.1) is 0 Å². The molecule has 37 heavy (non-hydrogen) atoms. The summed E-state index contributed by atoms with van der Waals surface area (Å²) in [5.74, 6) is -1.33. The Morgan fingerprint density at radius 1 is 0.595 bits per heavy atom. The zero-order chi connectivity index (χ0) is 25.9. The number of hydrogen-bond donors (Lipinski definition) is 0. The molecule has 5 nitrogen and oxygen atoms in total. The molecule has 1 fully saturated rings. The normalized spacial score (nSPS) is 13.8. The van der Waals surface area contributed by atoms with E-state index in [0.29, 0.717) is 23.4 Å². The van der Waals surface area contributed by atoms with Gasteiger partial charge in [0.2, 0.25) is 0 Å². The van der Waals surface area contributed by atoms with Gasteiger partial charge in [-0.3, -0.25) is 9.59 Å². The number of benzene rings is 4. The van der Waals surface area contributed by atoms with Crippen LogP contribution in [0.25, 0.3) is 6.08 Å². The van der Waals surface area contributed by atoms with Crippen molar-refractivity contribution in [1.82, 2.24) is 0 Å². The van der Waals surface area contributed by atoms with E-state index in [1.807, 2.05) is 36.4 Å². The van der Waals surface area contributed by atoms with Crippen LogP contribution < -0.4 is 9.80 Å². The molecule has 0 unspecified atom stereocenters. The number of urea groups is 1. The molecule has 0 aromatic heterocycles. The van der Waals surface area contributed by atoms with Crippen LogP contribution in [0.3, 0.4) is 0 Å². The van der Waals surface area contributed by atoms with Gasteiger partial charge in [-0.1, -0.05) is 98.6 Å². The predicted octanol–water partition coefficient (Wildman–Crippen LogP) is 7.39. The van der Waals surface area contributed by atoms with Crippen molar-refractivity contribution in [3.8, 4) is 0 Å². The lowest BCUT2D eigenvalue weighted by atomic mass is 10.0. The van der Waals surface area contributed by atoms with Gasteiger partial charge in [0.25, 0.3) is 11.8 Å². The first-order valence-electron chi connectivity index (χ1n) is 11.5. The third kappa shape index (κ3) is 5.05. The van der Waals surface area contributed by atoms with Gasteiger partial charge in [-0.2, -0.15) is 0 Å². The van der Waals surface area contributed by atoms with Gasteiger partial charge in [0.1, 0.15) is 5.57 Å². The van der Waals surface area contributed by atoms with Crippen molar-refractivity contribution in [2.45, 2.75) is 6.42 Å². The van der Waals surface area contributed by atoms with Gasteiger partial charge in [0, 0.05) is 8.95 Å². The maximum atomic E-state index is 13.5. The van der Waals surface area contributed by atoms with E-state index < -0.39 is 17.8 Å². The van der Waals surface area contributed by atoms with Crippen LogP contribution in [0.1, 0.15) is 16.7 Å². The summed E-state index contributed by atoms with van der Waals surface area (Å²) in [6.45, 7) is 0. The number of amides is 4. The minimum atomic E-state index is -0.713. The minimum absolute atomic E-state index is 0.0993. The maximum absolute atomic E-state index is 13.5. The number of rotatable bonds is 5. The Balaban J connectivity index is 1.54. The summed E-state index contributed by atoms with van der Waals surface area (Å²) < 4.78 is 1.88. The van der Waals surface area contributed by atoms with Gasteiger partial charge in [-0.05, 0) is 65.6 Å². The Kier molecular flexibility index (Phi) is 7.17. The van der Waals surface area contributed by atoms with Crippen LogP contribution in [0.15, 0.2) is 118 Å². The van der Waals surface area contributed by atoms with Crippen LogP contribution in [-0.2, 0) is 16.0 Å². The Morgan fingerprint density at radius 3 is 1.65 bits per heavy atom. The fraction of sp³-hybridized carbons (Fsp3) is 0.0333. The van der Waals surface area contributed by atoms with Crippen molar-refractivity contribution < 1.29 is 14.4 Å². The molecule has 0 radical (unpaired) electrons. The van der Waals surface area contributed by atoms with Gasteiger partial charge in [0.15, 0.2) is 0 Å². The first-order valence-corrected chi connectivity index (χ1v) is 13.1. The van der Waals surface area contributed by atoms with Gasteiger partial charge in [0.05, 0.1) is 11.4 Å². The van der Waals surface area contributed by atoms with Gasteiger partial charge in [-0.15, -0.1) is 0 Å². The van der Waals surface area contributed by atoms with Gasteiger partial charge < -0.3 is 0 Å². The summed E-state index contributed by atoms with van der Waals surface area (Å²) in [7, 11) is 0. The highest BCUT2D eigenvalue weighted by Crippen LogP contribution is 2.31. The highest BCUT2D eigenvalue weighted by atomic mass is 79.9. The number of anilines is 2. The summed E-state index contributed by atoms with van der Waals surface area (Å²) in [6.07, 6.45) is 2.24. The van der Waals surface area contributed by atoms with E-state index in [0.717, 1.165) is 29.9 Å². The monoisotopic (exact) mass is 614 g/mol. The number of carbonyl (C=O) groups is 3. The highest BCUT2D eigenvalue weighted by Gasteiger charge is 2.43. The largest absolute Gasteiger partial charge is 0.343 e. The molecule has 4 aromatic carbocycles. The molecule has 0 saturated carbocycles. The molecular formula is C30H20Br2N2O3. The predicted molar refractivity (Wildman–Crippen MR) is 152 cm³/mol. The molecule has 1 heterocycles. The Labute approximate surface area is 231 Å². The number of hydrogen-bond acceptors (Lipinski definition) is 3. The molecule has 4 aromatic rings. The van der Waals surface area contributed by atoms with Crippen molar-refractivity contribution in [3.63, 3.8) is 0 Å². The van der Waals surface area contributed by atoms with Crippen molar-refractivity contribution >= 4 is 67.2 Å². The summed E-state index contributed by atoms with van der Waals surface area (Å²) in [5.41, 5.74) is 3.54. The second kappa shape index (κ2) is 10.7. The molecule has 0 N–H and O–H groups in total. The van der Waals surface area contributed by atoms with Crippen molar-refractivity contribution in [3.05, 3.63) is 134 Å². The fourth-order valence-corrected chi connectivity index (χ4v) is 5.11. The summed E-state index contributed by atoms with van der Waals surface area (Å²) >= 11 is 7.23. The van der Waals surface area contributed by atoms with Crippen LogP contribution in [-0.4, -0.2) is 17.8 Å². The van der Waals surface area contributed by atoms with Crippen LogP contribution in [0.4, 0.5) is 16.2 Å². The number of barbiturate groups is 1. The third-order valence-electron chi connectivity index (χ3n) is 6.01. The second-order valence-electron chi connectivity index (χ2n) is 8.41. The molecule has 0 bridgehead atoms. The topological polar surface area (TPSA) is 57.7 Å². The van der Waals surface area contributed by atoms with E-state index in [1.54, 1.807) is 60.7 Å². The van der Waals surface area contributed by atoms with E-state index >= 15 is 0 Å². The maximum Gasteiger partial charge on any atom is 0.343 e. The van der Waals surface area contributed by atoms with Crippen molar-refractivity contribution in [2.75, 3.05) is 9.80 Å². The van der Waals surface area contributed by atoms with Crippen LogP contribution >= 0.6 is 31.9 Å². The molecule has 1 aliphatic heterocycles. The molecule has 0 atom stereocenters. The lowest BCUT2D eigenvalue weighted by molar-refractivity contribution is -0.121. The summed E-state index contributed by atoms with van der Waals surface area (Å²) in [6, 6.07) is 30.2. The summed E-state index contributed by atoms with van der Waals surface area (Å²) in [4.78, 5) is 42.6. The smallest absolute Gasteiger partial charge is 0.268 e. The van der Waals surface area contributed by atoms with E-state index in [1.165, 1.54) is 6.08 Å². The molecule has 5 rings (SSSR count). The standard InChI is InChI=1S/C30H20Br2N2O3/c31-26-14-8-7-9-21(26)19-22-16-15-20(18-27(22)32)17-25-28(35)33(23-10-3-1-4-11-23)30(37)34(29(25)36)24-12-5-2-6-13-24/h1-18H,19H2. The Morgan fingerprint density at radius 2 is 1.11 bits per heavy atom. The van der Waals surface area contributed by atoms with E-state index in [-0.39, 0.29) is 5.57 Å². The number of imide groups is 2. The number of nitrogens with zero attached hydrogens (tertiary/aromatic N) is 2.